The highest BCUT2D eigenvalue weighted by molar-refractivity contribution is 5.44. The van der Waals surface area contributed by atoms with Crippen molar-refractivity contribution in [3.63, 3.8) is 0 Å². The molecule has 3 atom stereocenters. The van der Waals surface area contributed by atoms with Crippen molar-refractivity contribution >= 4 is 0 Å². The molecule has 0 amide bonds. The molecule has 0 bridgehead atoms. The predicted molar refractivity (Wildman–Crippen MR) is 84.7 cm³/mol. The minimum Gasteiger partial charge on any atom is -0.508 e. The molecule has 1 saturated carbocycles. The van der Waals surface area contributed by atoms with Crippen LogP contribution in [0.15, 0.2) is 18.2 Å². The van der Waals surface area contributed by atoms with Gasteiger partial charge in [0, 0.05) is 11.5 Å². The summed E-state index contributed by atoms with van der Waals surface area (Å²) in [6, 6.07) is 5.86. The van der Waals surface area contributed by atoms with Crippen LogP contribution in [0.4, 0.5) is 0 Å². The lowest BCUT2D eigenvalue weighted by molar-refractivity contribution is -0.110. The monoisotopic (exact) mass is 289 g/mol. The normalized spacial score (nSPS) is 36.7. The summed E-state index contributed by atoms with van der Waals surface area (Å²) in [6.07, 6.45) is 4.86. The highest BCUT2D eigenvalue weighted by atomic mass is 16.3. The van der Waals surface area contributed by atoms with Gasteiger partial charge in [-0.2, -0.15) is 0 Å². The summed E-state index contributed by atoms with van der Waals surface area (Å²) in [5.41, 5.74) is 1.58. The Kier molecular flexibility index (Phi) is 3.53. The molecule has 1 aliphatic carbocycles. The average Bonchev–Trinajstić information content (AvgIpc) is 2.83. The van der Waals surface area contributed by atoms with Crippen molar-refractivity contribution in [2.45, 2.75) is 63.0 Å². The number of likely N-dealkylation sites (N-methyl/N-ethyl adjacent to an activating group) is 1. The van der Waals surface area contributed by atoms with Gasteiger partial charge in [0.15, 0.2) is 0 Å². The molecule has 3 heteroatoms. The molecular formula is C18H27NO2. The molecule has 0 radical (unpaired) electrons. The number of fused-ring (bicyclic) bond motifs is 1. The van der Waals surface area contributed by atoms with Gasteiger partial charge in [0.2, 0.25) is 0 Å². The number of likely N-dealkylation sites (tertiary alicyclic amines) is 1. The van der Waals surface area contributed by atoms with E-state index in [2.05, 4.69) is 25.8 Å². The molecule has 0 spiro atoms. The molecule has 2 fully saturated rings. The number of benzene rings is 1. The Bertz CT molecular complexity index is 544. The van der Waals surface area contributed by atoms with Gasteiger partial charge in [0.25, 0.3) is 0 Å². The maximum absolute atomic E-state index is 11.5. The summed E-state index contributed by atoms with van der Waals surface area (Å²) >= 11 is 0. The fraction of sp³-hybridized carbons (Fsp3) is 0.667. The molecule has 3 unspecified atom stereocenters. The third kappa shape index (κ3) is 1.94. The third-order valence-electron chi connectivity index (χ3n) is 6.22. The summed E-state index contributed by atoms with van der Waals surface area (Å²) < 4.78 is 0. The van der Waals surface area contributed by atoms with Gasteiger partial charge in [-0.15, -0.1) is 0 Å². The number of aliphatic hydroxyl groups is 1. The van der Waals surface area contributed by atoms with Gasteiger partial charge >= 0.3 is 0 Å². The number of hydrogen-bond donors (Lipinski definition) is 2. The maximum atomic E-state index is 11.5. The number of hydrogen-bond acceptors (Lipinski definition) is 3. The van der Waals surface area contributed by atoms with Crippen molar-refractivity contribution in [2.24, 2.45) is 0 Å². The van der Waals surface area contributed by atoms with Gasteiger partial charge in [0.1, 0.15) is 5.75 Å². The quantitative estimate of drug-likeness (QED) is 0.880. The average molecular weight is 289 g/mol. The second-order valence-corrected chi connectivity index (χ2v) is 6.96. The first-order chi connectivity index (χ1) is 9.94. The number of aromatic hydroxyl groups is 1. The van der Waals surface area contributed by atoms with Gasteiger partial charge in [0.05, 0.1) is 5.60 Å². The van der Waals surface area contributed by atoms with E-state index in [1.165, 1.54) is 11.1 Å². The van der Waals surface area contributed by atoms with E-state index in [-0.39, 0.29) is 11.5 Å². The lowest BCUT2D eigenvalue weighted by Gasteiger charge is -2.54. The van der Waals surface area contributed by atoms with Gasteiger partial charge in [-0.25, -0.2) is 0 Å². The SMILES string of the molecule is CCc1ccc(O)cc1C12CCCC1(O)C(C)N(C)CC2. The Balaban J connectivity index is 2.17. The first kappa shape index (κ1) is 14.9. The van der Waals surface area contributed by atoms with E-state index < -0.39 is 5.60 Å². The zero-order chi connectivity index (χ0) is 15.3. The zero-order valence-electron chi connectivity index (χ0n) is 13.4. The first-order valence-corrected chi connectivity index (χ1v) is 8.19. The van der Waals surface area contributed by atoms with E-state index in [0.717, 1.165) is 38.6 Å². The van der Waals surface area contributed by atoms with Crippen molar-refractivity contribution in [2.75, 3.05) is 13.6 Å². The van der Waals surface area contributed by atoms with E-state index >= 15 is 0 Å². The second-order valence-electron chi connectivity index (χ2n) is 6.96. The molecule has 2 N–H and O–H groups in total. The summed E-state index contributed by atoms with van der Waals surface area (Å²) in [7, 11) is 2.11. The highest BCUT2D eigenvalue weighted by Crippen LogP contribution is 2.56. The largest absolute Gasteiger partial charge is 0.508 e. The van der Waals surface area contributed by atoms with Crippen LogP contribution >= 0.6 is 0 Å². The van der Waals surface area contributed by atoms with Crippen LogP contribution in [0.1, 0.15) is 50.7 Å². The Morgan fingerprint density at radius 2 is 2.05 bits per heavy atom. The van der Waals surface area contributed by atoms with Crippen LogP contribution in [0.2, 0.25) is 0 Å². The van der Waals surface area contributed by atoms with Gasteiger partial charge in [-0.05, 0) is 75.9 Å². The number of piperidine rings is 1. The molecule has 3 rings (SSSR count). The van der Waals surface area contributed by atoms with Gasteiger partial charge in [-0.3, -0.25) is 0 Å². The van der Waals surface area contributed by atoms with Crippen LogP contribution in [0, 0.1) is 0 Å². The number of aryl methyl sites for hydroxylation is 1. The van der Waals surface area contributed by atoms with E-state index in [4.69, 9.17) is 0 Å². The van der Waals surface area contributed by atoms with Crippen LogP contribution in [0.25, 0.3) is 0 Å². The summed E-state index contributed by atoms with van der Waals surface area (Å²) in [5.74, 6) is 0.317. The van der Waals surface area contributed by atoms with Crippen molar-refractivity contribution < 1.29 is 10.2 Å². The van der Waals surface area contributed by atoms with Crippen molar-refractivity contribution in [1.29, 1.82) is 0 Å². The first-order valence-electron chi connectivity index (χ1n) is 8.19. The Morgan fingerprint density at radius 3 is 2.76 bits per heavy atom. The van der Waals surface area contributed by atoms with Gasteiger partial charge in [-0.1, -0.05) is 13.0 Å². The molecule has 1 aromatic carbocycles. The van der Waals surface area contributed by atoms with Crippen molar-refractivity contribution in [3.05, 3.63) is 29.3 Å². The Hall–Kier alpha value is -1.06. The van der Waals surface area contributed by atoms with Crippen molar-refractivity contribution in [3.8, 4) is 5.75 Å². The van der Waals surface area contributed by atoms with E-state index in [1.54, 1.807) is 6.07 Å². The molecule has 2 aliphatic rings. The molecule has 116 valence electrons. The fourth-order valence-electron chi connectivity index (χ4n) is 4.81. The third-order valence-corrected chi connectivity index (χ3v) is 6.22. The van der Waals surface area contributed by atoms with E-state index in [0.29, 0.717) is 5.75 Å². The lowest BCUT2D eigenvalue weighted by Crippen LogP contribution is -2.64. The number of phenolic OH excluding ortho intramolecular Hbond substituents is 1. The number of phenols is 1. The predicted octanol–water partition coefficient (Wildman–Crippen LogP) is 2.83. The zero-order valence-corrected chi connectivity index (χ0v) is 13.4. The molecule has 0 aromatic heterocycles. The van der Waals surface area contributed by atoms with Crippen LogP contribution in [0.5, 0.6) is 5.75 Å². The molecular weight excluding hydrogens is 262 g/mol. The van der Waals surface area contributed by atoms with Crippen LogP contribution in [-0.2, 0) is 11.8 Å². The van der Waals surface area contributed by atoms with Crippen LogP contribution in [-0.4, -0.2) is 40.3 Å². The minimum atomic E-state index is -0.683. The number of nitrogens with zero attached hydrogens (tertiary/aromatic N) is 1. The minimum absolute atomic E-state index is 0.154. The lowest BCUT2D eigenvalue weighted by atomic mass is 9.61. The standard InChI is InChI=1S/C18H27NO2/c1-4-14-6-7-15(20)12-16(14)17-8-5-9-18(17,21)13(2)19(3)11-10-17/h6-7,12-13,20-21H,4-5,8-11H2,1-3H3. The van der Waals surface area contributed by atoms with Crippen molar-refractivity contribution in [1.82, 2.24) is 4.90 Å². The molecule has 1 saturated heterocycles. The summed E-state index contributed by atoms with van der Waals surface area (Å²) in [4.78, 5) is 2.28. The molecule has 1 heterocycles. The molecule has 1 aliphatic heterocycles. The van der Waals surface area contributed by atoms with E-state index in [1.807, 2.05) is 12.1 Å². The van der Waals surface area contributed by atoms with E-state index in [9.17, 15) is 10.2 Å². The molecule has 1 aromatic rings. The van der Waals surface area contributed by atoms with Crippen LogP contribution < -0.4 is 0 Å². The Morgan fingerprint density at radius 1 is 1.29 bits per heavy atom. The van der Waals surface area contributed by atoms with Crippen LogP contribution in [0.3, 0.4) is 0 Å². The highest BCUT2D eigenvalue weighted by Gasteiger charge is 2.60. The molecule has 3 nitrogen and oxygen atoms in total. The maximum Gasteiger partial charge on any atom is 0.115 e. The Labute approximate surface area is 127 Å². The topological polar surface area (TPSA) is 43.7 Å². The number of rotatable bonds is 2. The summed E-state index contributed by atoms with van der Waals surface area (Å²) in [6.45, 7) is 5.30. The fourth-order valence-corrected chi connectivity index (χ4v) is 4.81. The smallest absolute Gasteiger partial charge is 0.115 e. The summed E-state index contributed by atoms with van der Waals surface area (Å²) in [5, 5.41) is 21.5. The van der Waals surface area contributed by atoms with Gasteiger partial charge < -0.3 is 15.1 Å². The second kappa shape index (κ2) is 4.99. The molecule has 21 heavy (non-hydrogen) atoms.